The summed E-state index contributed by atoms with van der Waals surface area (Å²) in [7, 11) is 0. The van der Waals surface area contributed by atoms with Gasteiger partial charge in [-0.05, 0) is 37.0 Å². The molecular weight excluding hydrogens is 306 g/mol. The lowest BCUT2D eigenvalue weighted by atomic mass is 9.97. The van der Waals surface area contributed by atoms with E-state index in [-0.39, 0.29) is 18.1 Å². The molecule has 0 aliphatic carbocycles. The Morgan fingerprint density at radius 1 is 1.42 bits per heavy atom. The van der Waals surface area contributed by atoms with Crippen LogP contribution < -0.4 is 5.32 Å². The van der Waals surface area contributed by atoms with Crippen LogP contribution in [0.1, 0.15) is 44.3 Å². The van der Waals surface area contributed by atoms with Crippen molar-refractivity contribution < 1.29 is 9.53 Å². The van der Waals surface area contributed by atoms with E-state index < -0.39 is 0 Å². The summed E-state index contributed by atoms with van der Waals surface area (Å²) in [5.41, 5.74) is 1.18. The number of carbonyl (C=O) groups excluding carboxylic acids is 1. The number of hydrogen-bond donors (Lipinski definition) is 1. The van der Waals surface area contributed by atoms with E-state index in [2.05, 4.69) is 33.4 Å². The van der Waals surface area contributed by atoms with Crippen molar-refractivity contribution in [3.8, 4) is 0 Å². The van der Waals surface area contributed by atoms with Crippen LogP contribution in [0.15, 0.2) is 28.7 Å². The Kier molecular flexibility index (Phi) is 5.40. The van der Waals surface area contributed by atoms with Gasteiger partial charge in [0.1, 0.15) is 0 Å². The number of hydrogen-bond acceptors (Lipinski definition) is 2. The number of benzene rings is 1. The molecule has 1 fully saturated rings. The molecule has 1 saturated heterocycles. The second-order valence-electron chi connectivity index (χ2n) is 4.95. The molecular formula is C15H20BrNO2. The van der Waals surface area contributed by atoms with Crippen LogP contribution in [0.25, 0.3) is 0 Å². The van der Waals surface area contributed by atoms with Gasteiger partial charge in [0.2, 0.25) is 5.91 Å². The Morgan fingerprint density at radius 2 is 2.16 bits per heavy atom. The zero-order valence-corrected chi connectivity index (χ0v) is 12.8. The van der Waals surface area contributed by atoms with Crippen LogP contribution >= 0.6 is 15.9 Å². The molecule has 1 aliphatic heterocycles. The minimum Gasteiger partial charge on any atom is -0.373 e. The van der Waals surface area contributed by atoms with Crippen molar-refractivity contribution in [3.05, 3.63) is 34.3 Å². The number of halogens is 1. The van der Waals surface area contributed by atoms with E-state index in [0.717, 1.165) is 23.7 Å². The highest BCUT2D eigenvalue weighted by Gasteiger charge is 2.24. The quantitative estimate of drug-likeness (QED) is 0.918. The summed E-state index contributed by atoms with van der Waals surface area (Å²) in [6.45, 7) is 2.73. The monoisotopic (exact) mass is 325 g/mol. The maximum absolute atomic E-state index is 11.6. The lowest BCUT2D eigenvalue weighted by molar-refractivity contribution is -0.122. The van der Waals surface area contributed by atoms with Gasteiger partial charge in [-0.1, -0.05) is 35.0 Å². The topological polar surface area (TPSA) is 38.3 Å². The van der Waals surface area contributed by atoms with E-state index >= 15 is 0 Å². The maximum Gasteiger partial charge on any atom is 0.220 e. The highest BCUT2D eigenvalue weighted by molar-refractivity contribution is 9.10. The van der Waals surface area contributed by atoms with Gasteiger partial charge in [-0.2, -0.15) is 0 Å². The number of rotatable bonds is 4. The predicted octanol–water partition coefficient (Wildman–Crippen LogP) is 3.59. The van der Waals surface area contributed by atoms with Crippen molar-refractivity contribution in [2.75, 3.05) is 6.61 Å². The van der Waals surface area contributed by atoms with Crippen molar-refractivity contribution >= 4 is 21.8 Å². The van der Waals surface area contributed by atoms with E-state index in [9.17, 15) is 4.79 Å². The molecule has 2 atom stereocenters. The Balaban J connectivity index is 1.93. The average Bonchev–Trinajstić information content (AvgIpc) is 2.40. The van der Waals surface area contributed by atoms with Gasteiger partial charge in [0.15, 0.2) is 0 Å². The van der Waals surface area contributed by atoms with E-state index in [1.54, 1.807) is 0 Å². The molecule has 1 amide bonds. The molecule has 1 aliphatic rings. The Bertz CT molecular complexity index is 419. The van der Waals surface area contributed by atoms with Crippen LogP contribution in [0.5, 0.6) is 0 Å². The molecule has 0 saturated carbocycles. The smallest absolute Gasteiger partial charge is 0.220 e. The van der Waals surface area contributed by atoms with Gasteiger partial charge in [0.25, 0.3) is 0 Å². The highest BCUT2D eigenvalue weighted by atomic mass is 79.9. The summed E-state index contributed by atoms with van der Waals surface area (Å²) < 4.78 is 6.88. The van der Waals surface area contributed by atoms with E-state index in [4.69, 9.17) is 4.74 Å². The molecule has 1 aromatic rings. The van der Waals surface area contributed by atoms with Gasteiger partial charge in [-0.3, -0.25) is 4.79 Å². The Labute approximate surface area is 122 Å². The average molecular weight is 326 g/mol. The number of ether oxygens (including phenoxy) is 1. The van der Waals surface area contributed by atoms with E-state index in [0.29, 0.717) is 13.0 Å². The summed E-state index contributed by atoms with van der Waals surface area (Å²) in [5, 5.41) is 3.10. The second-order valence-corrected chi connectivity index (χ2v) is 5.87. The SMILES string of the molecule is CCCC(=O)N[C@@H]1CCO[C@H](c2ccc(Br)cc2)C1. The van der Waals surface area contributed by atoms with Crippen LogP contribution in [0.4, 0.5) is 0 Å². The van der Waals surface area contributed by atoms with Crippen LogP contribution in [0.3, 0.4) is 0 Å². The zero-order chi connectivity index (χ0) is 13.7. The van der Waals surface area contributed by atoms with Crippen molar-refractivity contribution in [2.24, 2.45) is 0 Å². The van der Waals surface area contributed by atoms with Gasteiger partial charge >= 0.3 is 0 Å². The molecule has 0 aromatic heterocycles. The third-order valence-corrected chi connectivity index (χ3v) is 3.90. The first-order chi connectivity index (χ1) is 9.19. The van der Waals surface area contributed by atoms with Crippen molar-refractivity contribution in [3.63, 3.8) is 0 Å². The molecule has 1 aromatic carbocycles. The fourth-order valence-electron chi connectivity index (χ4n) is 2.36. The third kappa shape index (κ3) is 4.32. The fraction of sp³-hybridized carbons (Fsp3) is 0.533. The first-order valence-electron chi connectivity index (χ1n) is 6.85. The first-order valence-corrected chi connectivity index (χ1v) is 7.64. The molecule has 3 nitrogen and oxygen atoms in total. The minimum absolute atomic E-state index is 0.0915. The zero-order valence-electron chi connectivity index (χ0n) is 11.2. The maximum atomic E-state index is 11.6. The molecule has 19 heavy (non-hydrogen) atoms. The normalized spacial score (nSPS) is 23.1. The number of nitrogens with one attached hydrogen (secondary N) is 1. The van der Waals surface area contributed by atoms with Crippen LogP contribution in [0, 0.1) is 0 Å². The second kappa shape index (κ2) is 7.06. The van der Waals surface area contributed by atoms with Gasteiger partial charge < -0.3 is 10.1 Å². The lowest BCUT2D eigenvalue weighted by Gasteiger charge is -2.30. The summed E-state index contributed by atoms with van der Waals surface area (Å²) in [6.07, 6.45) is 3.36. The predicted molar refractivity (Wildman–Crippen MR) is 78.9 cm³/mol. The van der Waals surface area contributed by atoms with Gasteiger partial charge in [-0.15, -0.1) is 0 Å². The standard InChI is InChI=1S/C15H20BrNO2/c1-2-3-15(18)17-13-8-9-19-14(10-13)11-4-6-12(16)7-5-11/h4-7,13-14H,2-3,8-10H2,1H3,(H,17,18)/t13-,14+/m1/s1. The van der Waals surface area contributed by atoms with Crippen molar-refractivity contribution in [1.82, 2.24) is 5.32 Å². The summed E-state index contributed by atoms with van der Waals surface area (Å²) in [5.74, 6) is 0.156. The summed E-state index contributed by atoms with van der Waals surface area (Å²) in [6, 6.07) is 8.44. The molecule has 1 N–H and O–H groups in total. The molecule has 0 unspecified atom stereocenters. The van der Waals surface area contributed by atoms with Gasteiger partial charge in [0.05, 0.1) is 6.10 Å². The summed E-state index contributed by atoms with van der Waals surface area (Å²) >= 11 is 3.43. The third-order valence-electron chi connectivity index (χ3n) is 3.37. The van der Waals surface area contributed by atoms with Crippen molar-refractivity contribution in [1.29, 1.82) is 0 Å². The van der Waals surface area contributed by atoms with Crippen LogP contribution in [-0.2, 0) is 9.53 Å². The van der Waals surface area contributed by atoms with Gasteiger partial charge in [-0.25, -0.2) is 0 Å². The van der Waals surface area contributed by atoms with Crippen LogP contribution in [0.2, 0.25) is 0 Å². The highest BCUT2D eigenvalue weighted by Crippen LogP contribution is 2.29. The molecule has 0 spiro atoms. The fourth-order valence-corrected chi connectivity index (χ4v) is 2.63. The van der Waals surface area contributed by atoms with Crippen molar-refractivity contribution in [2.45, 2.75) is 44.8 Å². The molecule has 1 heterocycles. The molecule has 104 valence electrons. The molecule has 0 bridgehead atoms. The molecule has 4 heteroatoms. The van der Waals surface area contributed by atoms with Gasteiger partial charge in [0, 0.05) is 23.5 Å². The lowest BCUT2D eigenvalue weighted by Crippen LogP contribution is -2.39. The molecule has 0 radical (unpaired) electrons. The summed E-state index contributed by atoms with van der Waals surface area (Å²) in [4.78, 5) is 11.6. The number of amides is 1. The minimum atomic E-state index is 0.0915. The molecule has 2 rings (SSSR count). The Morgan fingerprint density at radius 3 is 2.84 bits per heavy atom. The number of carbonyl (C=O) groups is 1. The largest absolute Gasteiger partial charge is 0.373 e. The van der Waals surface area contributed by atoms with E-state index in [1.165, 1.54) is 5.56 Å². The van der Waals surface area contributed by atoms with E-state index in [1.807, 2.05) is 19.1 Å². The first kappa shape index (κ1) is 14.5. The Hall–Kier alpha value is -0.870. The van der Waals surface area contributed by atoms with Crippen LogP contribution in [-0.4, -0.2) is 18.6 Å².